The maximum atomic E-state index is 13.6. The van der Waals surface area contributed by atoms with Crippen LogP contribution in [-0.4, -0.2) is 5.11 Å². The van der Waals surface area contributed by atoms with Crippen molar-refractivity contribution in [1.82, 2.24) is 0 Å². The van der Waals surface area contributed by atoms with Gasteiger partial charge in [0.25, 0.3) is 0 Å². The van der Waals surface area contributed by atoms with Crippen molar-refractivity contribution in [2.45, 2.75) is 29.7 Å². The zero-order valence-corrected chi connectivity index (χ0v) is 13.3. The SMILES string of the molecule is Cc1cc(Sc2ccc(Cl)c(Cl)c2)c([C@H](C)O)cc1F. The fourth-order valence-corrected chi connectivity index (χ4v) is 3.27. The molecule has 106 valence electrons. The number of aliphatic hydroxyl groups excluding tert-OH is 1. The summed E-state index contributed by atoms with van der Waals surface area (Å²) in [6.07, 6.45) is -0.740. The van der Waals surface area contributed by atoms with Crippen molar-refractivity contribution < 1.29 is 9.50 Å². The number of hydrogen-bond donors (Lipinski definition) is 1. The van der Waals surface area contributed by atoms with Crippen LogP contribution in [0.4, 0.5) is 4.39 Å². The number of benzene rings is 2. The van der Waals surface area contributed by atoms with E-state index in [-0.39, 0.29) is 5.82 Å². The van der Waals surface area contributed by atoms with E-state index in [1.165, 1.54) is 17.8 Å². The monoisotopic (exact) mass is 330 g/mol. The zero-order chi connectivity index (χ0) is 14.9. The molecule has 1 nitrogen and oxygen atoms in total. The number of aliphatic hydroxyl groups is 1. The fourth-order valence-electron chi connectivity index (χ4n) is 1.75. The second-order valence-corrected chi connectivity index (χ2v) is 6.42. The molecule has 20 heavy (non-hydrogen) atoms. The van der Waals surface area contributed by atoms with Gasteiger partial charge in [0, 0.05) is 9.79 Å². The second kappa shape index (κ2) is 6.35. The first-order valence-electron chi connectivity index (χ1n) is 5.99. The summed E-state index contributed by atoms with van der Waals surface area (Å²) >= 11 is 13.3. The lowest BCUT2D eigenvalue weighted by atomic mass is 10.1. The minimum absolute atomic E-state index is 0.320. The minimum Gasteiger partial charge on any atom is -0.389 e. The van der Waals surface area contributed by atoms with E-state index >= 15 is 0 Å². The lowest BCUT2D eigenvalue weighted by Gasteiger charge is -2.13. The van der Waals surface area contributed by atoms with Crippen molar-refractivity contribution >= 4 is 35.0 Å². The molecule has 1 N–H and O–H groups in total. The van der Waals surface area contributed by atoms with Crippen molar-refractivity contribution in [3.63, 3.8) is 0 Å². The molecule has 5 heteroatoms. The van der Waals surface area contributed by atoms with Gasteiger partial charge in [-0.1, -0.05) is 35.0 Å². The van der Waals surface area contributed by atoms with Crippen LogP contribution in [0.3, 0.4) is 0 Å². The standard InChI is InChI=1S/C15H13Cl2FOS/c1-8-5-15(11(9(2)19)7-14(8)18)20-10-3-4-12(16)13(17)6-10/h3-7,9,19H,1-2H3/t9-/m0/s1. The van der Waals surface area contributed by atoms with Gasteiger partial charge in [0.15, 0.2) is 0 Å². The van der Waals surface area contributed by atoms with Gasteiger partial charge in [-0.05, 0) is 55.3 Å². The topological polar surface area (TPSA) is 20.2 Å². The van der Waals surface area contributed by atoms with E-state index in [9.17, 15) is 9.50 Å². The Kier molecular flexibility index (Phi) is 4.97. The van der Waals surface area contributed by atoms with E-state index in [1.807, 2.05) is 6.07 Å². The van der Waals surface area contributed by atoms with Gasteiger partial charge in [0.1, 0.15) is 5.82 Å². The van der Waals surface area contributed by atoms with Crippen molar-refractivity contribution in [1.29, 1.82) is 0 Å². The highest BCUT2D eigenvalue weighted by molar-refractivity contribution is 7.99. The van der Waals surface area contributed by atoms with Gasteiger partial charge in [0.2, 0.25) is 0 Å². The molecule has 2 aromatic carbocycles. The third-order valence-corrected chi connectivity index (χ3v) is 4.66. The van der Waals surface area contributed by atoms with E-state index in [1.54, 1.807) is 32.0 Å². The maximum Gasteiger partial charge on any atom is 0.126 e. The first kappa shape index (κ1) is 15.6. The smallest absolute Gasteiger partial charge is 0.126 e. The molecule has 0 fully saturated rings. The molecule has 0 saturated heterocycles. The Morgan fingerprint density at radius 3 is 2.45 bits per heavy atom. The van der Waals surface area contributed by atoms with Crippen LogP contribution in [0.2, 0.25) is 10.0 Å². The Balaban J connectivity index is 2.41. The van der Waals surface area contributed by atoms with Gasteiger partial charge in [-0.15, -0.1) is 0 Å². The third-order valence-electron chi connectivity index (χ3n) is 2.86. The van der Waals surface area contributed by atoms with Crippen molar-refractivity contribution in [3.05, 3.63) is 57.3 Å². The minimum atomic E-state index is -0.740. The molecular formula is C15H13Cl2FOS. The highest BCUT2D eigenvalue weighted by Crippen LogP contribution is 2.37. The highest BCUT2D eigenvalue weighted by Gasteiger charge is 2.13. The van der Waals surface area contributed by atoms with Gasteiger partial charge in [-0.2, -0.15) is 0 Å². The Morgan fingerprint density at radius 1 is 1.15 bits per heavy atom. The van der Waals surface area contributed by atoms with Crippen molar-refractivity contribution in [2.75, 3.05) is 0 Å². The Morgan fingerprint density at radius 2 is 1.85 bits per heavy atom. The van der Waals surface area contributed by atoms with Crippen LogP contribution in [-0.2, 0) is 0 Å². The normalized spacial score (nSPS) is 12.5. The molecule has 0 aliphatic heterocycles. The molecule has 0 aliphatic carbocycles. The predicted molar refractivity (Wildman–Crippen MR) is 82.4 cm³/mol. The van der Waals surface area contributed by atoms with Gasteiger partial charge in [0.05, 0.1) is 16.1 Å². The lowest BCUT2D eigenvalue weighted by Crippen LogP contribution is -1.97. The van der Waals surface area contributed by atoms with Crippen LogP contribution >= 0.6 is 35.0 Å². The number of hydrogen-bond acceptors (Lipinski definition) is 2. The van der Waals surface area contributed by atoms with Crippen LogP contribution in [0.1, 0.15) is 24.2 Å². The molecular weight excluding hydrogens is 318 g/mol. The van der Waals surface area contributed by atoms with Gasteiger partial charge in [-0.25, -0.2) is 4.39 Å². The molecule has 0 unspecified atom stereocenters. The molecule has 2 rings (SSSR count). The molecule has 2 aromatic rings. The van der Waals surface area contributed by atoms with E-state index < -0.39 is 6.10 Å². The third kappa shape index (κ3) is 3.47. The Bertz CT molecular complexity index is 644. The van der Waals surface area contributed by atoms with E-state index in [0.717, 1.165) is 9.79 Å². The number of rotatable bonds is 3. The largest absolute Gasteiger partial charge is 0.389 e. The zero-order valence-electron chi connectivity index (χ0n) is 11.0. The molecule has 0 radical (unpaired) electrons. The summed E-state index contributed by atoms with van der Waals surface area (Å²) < 4.78 is 13.6. The maximum absolute atomic E-state index is 13.6. The molecule has 1 atom stereocenters. The van der Waals surface area contributed by atoms with Gasteiger partial charge < -0.3 is 5.11 Å². The summed E-state index contributed by atoms with van der Waals surface area (Å²) in [5.74, 6) is -0.320. The highest BCUT2D eigenvalue weighted by atomic mass is 35.5. The van der Waals surface area contributed by atoms with E-state index in [4.69, 9.17) is 23.2 Å². The quantitative estimate of drug-likeness (QED) is 0.785. The van der Waals surface area contributed by atoms with E-state index in [0.29, 0.717) is 21.2 Å². The van der Waals surface area contributed by atoms with Crippen LogP contribution in [0.5, 0.6) is 0 Å². The Hall–Kier alpha value is -0.740. The summed E-state index contributed by atoms with van der Waals surface area (Å²) in [4.78, 5) is 1.68. The summed E-state index contributed by atoms with van der Waals surface area (Å²) in [6.45, 7) is 3.31. The van der Waals surface area contributed by atoms with E-state index in [2.05, 4.69) is 0 Å². The summed E-state index contributed by atoms with van der Waals surface area (Å²) in [6, 6.07) is 8.40. The summed E-state index contributed by atoms with van der Waals surface area (Å²) in [5, 5.41) is 10.7. The average Bonchev–Trinajstić information content (AvgIpc) is 2.37. The first-order chi connectivity index (χ1) is 9.38. The molecule has 0 bridgehead atoms. The van der Waals surface area contributed by atoms with Crippen LogP contribution in [0, 0.1) is 12.7 Å². The summed E-state index contributed by atoms with van der Waals surface area (Å²) in [7, 11) is 0. The summed E-state index contributed by atoms with van der Waals surface area (Å²) in [5.41, 5.74) is 1.10. The van der Waals surface area contributed by atoms with Gasteiger partial charge in [-0.3, -0.25) is 0 Å². The molecule has 0 heterocycles. The van der Waals surface area contributed by atoms with Crippen molar-refractivity contribution in [3.8, 4) is 0 Å². The average molecular weight is 331 g/mol. The second-order valence-electron chi connectivity index (χ2n) is 4.49. The first-order valence-corrected chi connectivity index (χ1v) is 7.56. The molecule has 0 saturated carbocycles. The fraction of sp³-hybridized carbons (Fsp3) is 0.200. The molecule has 0 amide bonds. The molecule has 0 spiro atoms. The Labute approximate surface area is 131 Å². The molecule has 0 aromatic heterocycles. The van der Waals surface area contributed by atoms with Crippen LogP contribution < -0.4 is 0 Å². The number of halogens is 3. The van der Waals surface area contributed by atoms with Crippen molar-refractivity contribution in [2.24, 2.45) is 0 Å². The van der Waals surface area contributed by atoms with Gasteiger partial charge >= 0.3 is 0 Å². The van der Waals surface area contributed by atoms with Crippen LogP contribution in [0.15, 0.2) is 40.1 Å². The predicted octanol–water partition coefficient (Wildman–Crippen LogP) is 5.65. The lowest BCUT2D eigenvalue weighted by molar-refractivity contribution is 0.196. The van der Waals surface area contributed by atoms with Crippen LogP contribution in [0.25, 0.3) is 0 Å². The number of aryl methyl sites for hydroxylation is 1. The molecule has 0 aliphatic rings.